The van der Waals surface area contributed by atoms with E-state index in [0.29, 0.717) is 11.8 Å². The molecule has 1 atom stereocenters. The zero-order valence-corrected chi connectivity index (χ0v) is 13.5. The number of carbonyl (C=O) groups excluding carboxylic acids is 1. The molecule has 1 fully saturated rings. The SMILES string of the molecule is CC(C)(C)OC(=O)N1CCC(CC2C=CC(N)=CC2)CC1. The second-order valence-corrected chi connectivity index (χ2v) is 7.21. The number of hydrogen-bond donors (Lipinski definition) is 1. The van der Waals surface area contributed by atoms with E-state index in [1.807, 2.05) is 31.7 Å². The number of piperidine rings is 1. The lowest BCUT2D eigenvalue weighted by atomic mass is 9.84. The molecule has 2 aliphatic rings. The Morgan fingerprint density at radius 1 is 1.38 bits per heavy atom. The summed E-state index contributed by atoms with van der Waals surface area (Å²) in [6, 6.07) is 0. The molecule has 0 bridgehead atoms. The first kappa shape index (κ1) is 15.9. The van der Waals surface area contributed by atoms with Crippen LogP contribution in [0.5, 0.6) is 0 Å². The van der Waals surface area contributed by atoms with E-state index in [9.17, 15) is 4.79 Å². The summed E-state index contributed by atoms with van der Waals surface area (Å²) >= 11 is 0. The van der Waals surface area contributed by atoms with Gasteiger partial charge in [-0.15, -0.1) is 0 Å². The molecule has 1 heterocycles. The van der Waals surface area contributed by atoms with E-state index >= 15 is 0 Å². The number of allylic oxidation sites excluding steroid dienone is 3. The second kappa shape index (κ2) is 6.54. The van der Waals surface area contributed by atoms with Crippen LogP contribution in [0.1, 0.15) is 46.5 Å². The third-order valence-electron chi connectivity index (χ3n) is 4.12. The van der Waals surface area contributed by atoms with Gasteiger partial charge in [-0.3, -0.25) is 0 Å². The van der Waals surface area contributed by atoms with Crippen LogP contribution < -0.4 is 5.73 Å². The molecule has 21 heavy (non-hydrogen) atoms. The lowest BCUT2D eigenvalue weighted by molar-refractivity contribution is 0.0177. The minimum absolute atomic E-state index is 0.172. The normalized spacial score (nSPS) is 23.9. The number of amides is 1. The van der Waals surface area contributed by atoms with Gasteiger partial charge in [-0.05, 0) is 64.4 Å². The fraction of sp³-hybridized carbons (Fsp3) is 0.706. The summed E-state index contributed by atoms with van der Waals surface area (Å²) in [5.74, 6) is 1.31. The van der Waals surface area contributed by atoms with Crippen LogP contribution in [0.15, 0.2) is 23.9 Å². The highest BCUT2D eigenvalue weighted by Crippen LogP contribution is 2.29. The number of rotatable bonds is 2. The van der Waals surface area contributed by atoms with Gasteiger partial charge in [0.15, 0.2) is 0 Å². The van der Waals surface area contributed by atoms with Crippen molar-refractivity contribution in [3.8, 4) is 0 Å². The fourth-order valence-corrected chi connectivity index (χ4v) is 2.96. The number of nitrogens with zero attached hydrogens (tertiary/aromatic N) is 1. The summed E-state index contributed by atoms with van der Waals surface area (Å²) in [6.45, 7) is 7.35. The molecule has 1 amide bonds. The summed E-state index contributed by atoms with van der Waals surface area (Å²) in [5, 5.41) is 0. The Bertz CT molecular complexity index is 427. The van der Waals surface area contributed by atoms with Gasteiger partial charge in [0.25, 0.3) is 0 Å². The van der Waals surface area contributed by atoms with Crippen LogP contribution in [0, 0.1) is 11.8 Å². The zero-order chi connectivity index (χ0) is 15.5. The Hall–Kier alpha value is -1.45. The number of hydrogen-bond acceptors (Lipinski definition) is 3. The summed E-state index contributed by atoms with van der Waals surface area (Å²) in [5.41, 5.74) is 6.22. The molecule has 0 saturated carbocycles. The molecule has 1 saturated heterocycles. The molecule has 0 aromatic heterocycles. The molecule has 1 aliphatic heterocycles. The molecular weight excluding hydrogens is 264 g/mol. The minimum Gasteiger partial charge on any atom is -0.444 e. The summed E-state index contributed by atoms with van der Waals surface area (Å²) in [6.07, 6.45) is 10.6. The fourth-order valence-electron chi connectivity index (χ4n) is 2.96. The Kier molecular flexibility index (Phi) is 4.96. The smallest absolute Gasteiger partial charge is 0.410 e. The van der Waals surface area contributed by atoms with Crippen LogP contribution in [-0.4, -0.2) is 29.7 Å². The van der Waals surface area contributed by atoms with Crippen LogP contribution >= 0.6 is 0 Å². The monoisotopic (exact) mass is 292 g/mol. The van der Waals surface area contributed by atoms with Crippen molar-refractivity contribution >= 4 is 6.09 Å². The van der Waals surface area contributed by atoms with Gasteiger partial charge >= 0.3 is 6.09 Å². The van der Waals surface area contributed by atoms with Gasteiger partial charge in [0.2, 0.25) is 0 Å². The summed E-state index contributed by atoms with van der Waals surface area (Å²) in [4.78, 5) is 13.9. The van der Waals surface area contributed by atoms with E-state index in [2.05, 4.69) is 12.2 Å². The van der Waals surface area contributed by atoms with Crippen LogP contribution in [0.4, 0.5) is 4.79 Å². The first-order valence-corrected chi connectivity index (χ1v) is 7.95. The van der Waals surface area contributed by atoms with Crippen LogP contribution in [0.3, 0.4) is 0 Å². The Labute approximate surface area is 128 Å². The van der Waals surface area contributed by atoms with Gasteiger partial charge in [0.05, 0.1) is 0 Å². The molecule has 0 aromatic carbocycles. The average molecular weight is 292 g/mol. The van der Waals surface area contributed by atoms with Crippen molar-refractivity contribution in [2.45, 2.75) is 52.1 Å². The van der Waals surface area contributed by atoms with Crippen molar-refractivity contribution < 1.29 is 9.53 Å². The van der Waals surface area contributed by atoms with Crippen molar-refractivity contribution in [3.05, 3.63) is 23.9 Å². The first-order chi connectivity index (χ1) is 9.83. The van der Waals surface area contributed by atoms with Gasteiger partial charge in [-0.25, -0.2) is 4.79 Å². The number of ether oxygens (including phenoxy) is 1. The minimum atomic E-state index is -0.410. The quantitative estimate of drug-likeness (QED) is 0.848. The topological polar surface area (TPSA) is 55.6 Å². The van der Waals surface area contributed by atoms with E-state index in [0.717, 1.165) is 38.0 Å². The Balaban J connectivity index is 1.73. The molecule has 1 aliphatic carbocycles. The molecule has 4 nitrogen and oxygen atoms in total. The molecule has 118 valence electrons. The second-order valence-electron chi connectivity index (χ2n) is 7.21. The average Bonchev–Trinajstić information content (AvgIpc) is 2.40. The highest BCUT2D eigenvalue weighted by Gasteiger charge is 2.27. The molecular formula is C17H28N2O2. The number of likely N-dealkylation sites (tertiary alicyclic amines) is 1. The zero-order valence-electron chi connectivity index (χ0n) is 13.5. The predicted octanol–water partition coefficient (Wildman–Crippen LogP) is 3.44. The molecule has 2 N–H and O–H groups in total. The van der Waals surface area contributed by atoms with Gasteiger partial charge in [0.1, 0.15) is 5.60 Å². The lowest BCUT2D eigenvalue weighted by Gasteiger charge is -2.34. The maximum absolute atomic E-state index is 12.0. The molecule has 4 heteroatoms. The number of nitrogens with two attached hydrogens (primary N) is 1. The van der Waals surface area contributed by atoms with Crippen molar-refractivity contribution in [2.75, 3.05) is 13.1 Å². The van der Waals surface area contributed by atoms with E-state index in [-0.39, 0.29) is 6.09 Å². The highest BCUT2D eigenvalue weighted by molar-refractivity contribution is 5.68. The van der Waals surface area contributed by atoms with E-state index in [4.69, 9.17) is 10.5 Å². The third kappa shape index (κ3) is 5.10. The molecule has 2 rings (SSSR count). The molecule has 1 unspecified atom stereocenters. The van der Waals surface area contributed by atoms with Crippen LogP contribution in [-0.2, 0) is 4.74 Å². The van der Waals surface area contributed by atoms with Gasteiger partial charge in [-0.2, -0.15) is 0 Å². The van der Waals surface area contributed by atoms with E-state index < -0.39 is 5.60 Å². The van der Waals surface area contributed by atoms with Crippen LogP contribution in [0.2, 0.25) is 0 Å². The van der Waals surface area contributed by atoms with Gasteiger partial charge < -0.3 is 15.4 Å². The standard InChI is InChI=1S/C17H28N2O2/c1-17(2,3)21-16(20)19-10-8-14(9-11-19)12-13-4-6-15(18)7-5-13/h4,6-7,13-14H,5,8-12,18H2,1-3H3. The highest BCUT2D eigenvalue weighted by atomic mass is 16.6. The summed E-state index contributed by atoms with van der Waals surface area (Å²) in [7, 11) is 0. The molecule has 0 radical (unpaired) electrons. The van der Waals surface area contributed by atoms with Crippen molar-refractivity contribution in [1.82, 2.24) is 4.90 Å². The van der Waals surface area contributed by atoms with E-state index in [1.165, 1.54) is 6.42 Å². The Morgan fingerprint density at radius 3 is 2.57 bits per heavy atom. The third-order valence-corrected chi connectivity index (χ3v) is 4.12. The first-order valence-electron chi connectivity index (χ1n) is 7.95. The van der Waals surface area contributed by atoms with E-state index in [1.54, 1.807) is 0 Å². The van der Waals surface area contributed by atoms with Crippen LogP contribution in [0.25, 0.3) is 0 Å². The van der Waals surface area contributed by atoms with Crippen molar-refractivity contribution in [3.63, 3.8) is 0 Å². The molecule has 0 aromatic rings. The van der Waals surface area contributed by atoms with Gasteiger partial charge in [-0.1, -0.05) is 12.2 Å². The maximum Gasteiger partial charge on any atom is 0.410 e. The van der Waals surface area contributed by atoms with Crippen molar-refractivity contribution in [1.29, 1.82) is 0 Å². The lowest BCUT2D eigenvalue weighted by Crippen LogP contribution is -2.41. The largest absolute Gasteiger partial charge is 0.444 e. The van der Waals surface area contributed by atoms with Gasteiger partial charge in [0, 0.05) is 18.8 Å². The van der Waals surface area contributed by atoms with Crippen molar-refractivity contribution in [2.24, 2.45) is 17.6 Å². The molecule has 0 spiro atoms. The summed E-state index contributed by atoms with van der Waals surface area (Å²) < 4.78 is 5.43. The number of carbonyl (C=O) groups is 1. The Morgan fingerprint density at radius 2 is 2.05 bits per heavy atom. The predicted molar refractivity (Wildman–Crippen MR) is 84.7 cm³/mol. The maximum atomic E-state index is 12.0.